The number of fused-ring (bicyclic) bond motifs is 2. The number of anilines is 1. The molecule has 2 aromatic rings. The first-order valence-electron chi connectivity index (χ1n) is 9.38. The van der Waals surface area contributed by atoms with Gasteiger partial charge in [0.1, 0.15) is 0 Å². The zero-order chi connectivity index (χ0) is 17.9. The summed E-state index contributed by atoms with van der Waals surface area (Å²) in [6.45, 7) is 0.520. The summed E-state index contributed by atoms with van der Waals surface area (Å²) in [4.78, 5) is 24.1. The number of furan rings is 1. The second-order valence-electron chi connectivity index (χ2n) is 7.54. The normalized spacial score (nSPS) is 23.8. The fraction of sp³-hybridized carbons (Fsp3) is 0.429. The van der Waals surface area contributed by atoms with Gasteiger partial charge < -0.3 is 15.1 Å². The fourth-order valence-electron chi connectivity index (χ4n) is 4.44. The molecular formula is C21H24N2O3. The lowest BCUT2D eigenvalue weighted by Gasteiger charge is -2.20. The number of benzene rings is 1. The van der Waals surface area contributed by atoms with Crippen molar-refractivity contribution in [3.8, 4) is 0 Å². The quantitative estimate of drug-likeness (QED) is 0.826. The monoisotopic (exact) mass is 352 g/mol. The van der Waals surface area contributed by atoms with Gasteiger partial charge in [-0.25, -0.2) is 0 Å². The summed E-state index contributed by atoms with van der Waals surface area (Å²) in [6.07, 6.45) is 7.39. The Balaban J connectivity index is 1.24. The maximum Gasteiger partial charge on any atom is 0.291 e. The van der Waals surface area contributed by atoms with Gasteiger partial charge in [0.25, 0.3) is 5.91 Å². The topological polar surface area (TPSA) is 71.3 Å². The van der Waals surface area contributed by atoms with E-state index in [2.05, 4.69) is 10.6 Å². The Bertz CT molecular complexity index is 767. The van der Waals surface area contributed by atoms with E-state index in [1.807, 2.05) is 24.3 Å². The van der Waals surface area contributed by atoms with Crippen LogP contribution in [0.3, 0.4) is 0 Å². The van der Waals surface area contributed by atoms with Crippen molar-refractivity contribution >= 4 is 17.5 Å². The molecule has 0 saturated heterocycles. The van der Waals surface area contributed by atoms with E-state index in [0.29, 0.717) is 24.6 Å². The molecule has 1 aromatic heterocycles. The largest absolute Gasteiger partial charge is 0.459 e. The minimum atomic E-state index is -0.276. The minimum absolute atomic E-state index is 0.151. The van der Waals surface area contributed by atoms with Crippen LogP contribution in [0.4, 0.5) is 5.69 Å². The Morgan fingerprint density at radius 1 is 1.08 bits per heavy atom. The minimum Gasteiger partial charge on any atom is -0.459 e. The van der Waals surface area contributed by atoms with Crippen LogP contribution in [-0.2, 0) is 11.3 Å². The maximum absolute atomic E-state index is 12.2. The second kappa shape index (κ2) is 7.36. The van der Waals surface area contributed by atoms with Crippen LogP contribution in [0.2, 0.25) is 0 Å². The molecule has 4 rings (SSSR count). The van der Waals surface area contributed by atoms with E-state index < -0.39 is 0 Å². The number of hydrogen-bond donors (Lipinski definition) is 2. The van der Waals surface area contributed by atoms with Crippen molar-refractivity contribution in [1.82, 2.24) is 5.32 Å². The molecule has 3 unspecified atom stereocenters. The summed E-state index contributed by atoms with van der Waals surface area (Å²) < 4.78 is 5.07. The van der Waals surface area contributed by atoms with E-state index in [-0.39, 0.29) is 17.6 Å². The van der Waals surface area contributed by atoms with Crippen LogP contribution in [-0.4, -0.2) is 11.8 Å². The van der Waals surface area contributed by atoms with Crippen molar-refractivity contribution in [2.45, 2.75) is 38.6 Å². The average molecular weight is 352 g/mol. The van der Waals surface area contributed by atoms with Crippen LogP contribution in [0, 0.1) is 17.8 Å². The predicted molar refractivity (Wildman–Crippen MR) is 98.5 cm³/mol. The predicted octanol–water partition coefficient (Wildman–Crippen LogP) is 3.97. The molecule has 2 amide bonds. The summed E-state index contributed by atoms with van der Waals surface area (Å²) in [5.41, 5.74) is 1.71. The SMILES string of the molecule is O=C(CC1CC2CCC1C2)NCc1ccc(NC(=O)c2ccco2)cc1. The third kappa shape index (κ3) is 3.82. The van der Waals surface area contributed by atoms with E-state index in [1.54, 1.807) is 12.1 Å². The molecule has 2 aliphatic rings. The van der Waals surface area contributed by atoms with Gasteiger partial charge in [0.15, 0.2) is 5.76 Å². The van der Waals surface area contributed by atoms with E-state index in [4.69, 9.17) is 4.42 Å². The average Bonchev–Trinajstić information content (AvgIpc) is 3.39. The standard InChI is InChI=1S/C21H24N2O3/c24-20(12-17-11-15-3-6-16(17)10-15)22-13-14-4-7-18(8-5-14)23-21(25)19-2-1-9-26-19/h1-2,4-5,7-9,15-17H,3,6,10-13H2,(H,22,24)(H,23,25). The van der Waals surface area contributed by atoms with Crippen LogP contribution in [0.25, 0.3) is 0 Å². The number of carbonyl (C=O) groups is 2. The molecule has 3 atom stereocenters. The van der Waals surface area contributed by atoms with E-state index in [1.165, 1.54) is 31.9 Å². The van der Waals surface area contributed by atoms with Gasteiger partial charge in [-0.2, -0.15) is 0 Å². The zero-order valence-electron chi connectivity index (χ0n) is 14.7. The first kappa shape index (κ1) is 16.9. The van der Waals surface area contributed by atoms with Crippen molar-refractivity contribution in [2.24, 2.45) is 17.8 Å². The number of rotatable bonds is 6. The molecular weight excluding hydrogens is 328 g/mol. The number of hydrogen-bond acceptors (Lipinski definition) is 3. The molecule has 26 heavy (non-hydrogen) atoms. The Morgan fingerprint density at radius 3 is 2.58 bits per heavy atom. The first-order valence-corrected chi connectivity index (χ1v) is 9.38. The lowest BCUT2D eigenvalue weighted by atomic mass is 9.86. The highest BCUT2D eigenvalue weighted by atomic mass is 16.3. The zero-order valence-corrected chi connectivity index (χ0v) is 14.7. The molecule has 2 bridgehead atoms. The van der Waals surface area contributed by atoms with Gasteiger partial charge in [-0.05, 0) is 66.8 Å². The van der Waals surface area contributed by atoms with E-state index in [9.17, 15) is 9.59 Å². The van der Waals surface area contributed by atoms with Gasteiger partial charge in [0.05, 0.1) is 6.26 Å². The molecule has 0 aliphatic heterocycles. The van der Waals surface area contributed by atoms with Gasteiger partial charge in [-0.1, -0.05) is 18.6 Å². The lowest BCUT2D eigenvalue weighted by molar-refractivity contribution is -0.122. The molecule has 0 radical (unpaired) electrons. The van der Waals surface area contributed by atoms with Crippen molar-refractivity contribution in [1.29, 1.82) is 0 Å². The molecule has 2 aliphatic carbocycles. The number of carbonyl (C=O) groups excluding carboxylic acids is 2. The van der Waals surface area contributed by atoms with Crippen LogP contribution in [0.5, 0.6) is 0 Å². The van der Waals surface area contributed by atoms with E-state index in [0.717, 1.165) is 17.4 Å². The Hall–Kier alpha value is -2.56. The first-order chi connectivity index (χ1) is 12.7. The van der Waals surface area contributed by atoms with Gasteiger partial charge in [-0.15, -0.1) is 0 Å². The van der Waals surface area contributed by atoms with Crippen LogP contribution < -0.4 is 10.6 Å². The summed E-state index contributed by atoms with van der Waals surface area (Å²) in [6, 6.07) is 10.8. The van der Waals surface area contributed by atoms with Gasteiger partial charge in [-0.3, -0.25) is 9.59 Å². The van der Waals surface area contributed by atoms with Crippen LogP contribution in [0.15, 0.2) is 47.1 Å². The third-order valence-electron chi connectivity index (χ3n) is 5.78. The molecule has 5 heteroatoms. The molecule has 1 aromatic carbocycles. The fourth-order valence-corrected chi connectivity index (χ4v) is 4.44. The van der Waals surface area contributed by atoms with E-state index >= 15 is 0 Å². The summed E-state index contributed by atoms with van der Waals surface area (Å²) in [5, 5.41) is 5.81. The lowest BCUT2D eigenvalue weighted by Crippen LogP contribution is -2.26. The highest BCUT2D eigenvalue weighted by molar-refractivity contribution is 6.02. The third-order valence-corrected chi connectivity index (χ3v) is 5.78. The van der Waals surface area contributed by atoms with Gasteiger partial charge in [0.2, 0.25) is 5.91 Å². The highest BCUT2D eigenvalue weighted by Gasteiger charge is 2.39. The van der Waals surface area contributed by atoms with Gasteiger partial charge in [0, 0.05) is 18.7 Å². The number of nitrogens with one attached hydrogen (secondary N) is 2. The molecule has 2 fully saturated rings. The summed E-state index contributed by atoms with van der Waals surface area (Å²) in [5.74, 6) is 2.40. The molecule has 136 valence electrons. The summed E-state index contributed by atoms with van der Waals surface area (Å²) in [7, 11) is 0. The molecule has 2 saturated carbocycles. The van der Waals surface area contributed by atoms with Crippen molar-refractivity contribution < 1.29 is 14.0 Å². The Labute approximate surface area is 153 Å². The number of amides is 2. The van der Waals surface area contributed by atoms with Crippen LogP contribution in [0.1, 0.15) is 48.2 Å². The van der Waals surface area contributed by atoms with Gasteiger partial charge >= 0.3 is 0 Å². The van der Waals surface area contributed by atoms with Crippen molar-refractivity contribution in [3.63, 3.8) is 0 Å². The molecule has 5 nitrogen and oxygen atoms in total. The summed E-state index contributed by atoms with van der Waals surface area (Å²) >= 11 is 0. The van der Waals surface area contributed by atoms with Crippen LogP contribution >= 0.6 is 0 Å². The molecule has 1 heterocycles. The molecule has 0 spiro atoms. The maximum atomic E-state index is 12.2. The van der Waals surface area contributed by atoms with Crippen molar-refractivity contribution in [3.05, 3.63) is 54.0 Å². The smallest absolute Gasteiger partial charge is 0.291 e. The molecule has 2 N–H and O–H groups in total. The Morgan fingerprint density at radius 2 is 1.92 bits per heavy atom. The highest BCUT2D eigenvalue weighted by Crippen LogP contribution is 2.49. The Kier molecular flexibility index (Phi) is 4.78. The van der Waals surface area contributed by atoms with Crippen molar-refractivity contribution in [2.75, 3.05) is 5.32 Å². The second-order valence-corrected chi connectivity index (χ2v) is 7.54.